The molecule has 0 aliphatic carbocycles. The molecular formula is C12H14BrNO2. The van der Waals surface area contributed by atoms with Gasteiger partial charge in [0.1, 0.15) is 0 Å². The molecule has 1 aromatic rings. The molecule has 16 heavy (non-hydrogen) atoms. The number of benzene rings is 1. The van der Waals surface area contributed by atoms with Gasteiger partial charge in [-0.25, -0.2) is 0 Å². The average Bonchev–Trinajstić information content (AvgIpc) is 2.27. The monoisotopic (exact) mass is 283 g/mol. The van der Waals surface area contributed by atoms with E-state index in [1.807, 2.05) is 12.1 Å². The summed E-state index contributed by atoms with van der Waals surface area (Å²) in [5.74, 6) is 0.749. The van der Waals surface area contributed by atoms with Crippen LogP contribution in [0.15, 0.2) is 16.6 Å². The van der Waals surface area contributed by atoms with Gasteiger partial charge in [0.25, 0.3) is 5.91 Å². The maximum Gasteiger partial charge on any atom is 0.267 e. The minimum Gasteiger partial charge on any atom is -0.477 e. The van der Waals surface area contributed by atoms with Gasteiger partial charge in [-0.2, -0.15) is 0 Å². The van der Waals surface area contributed by atoms with Crippen molar-refractivity contribution >= 4 is 27.5 Å². The van der Waals surface area contributed by atoms with E-state index in [1.165, 1.54) is 5.56 Å². The fourth-order valence-corrected chi connectivity index (χ4v) is 2.41. The Bertz CT molecular complexity index is 445. The van der Waals surface area contributed by atoms with Crippen LogP contribution < -0.4 is 9.64 Å². The number of ether oxygens (including phenoxy) is 1. The summed E-state index contributed by atoms with van der Waals surface area (Å²) in [6.07, 6.45) is 0.519. The number of likely N-dealkylation sites (N-methyl/N-ethyl adjacent to an activating group) is 1. The molecule has 1 heterocycles. The molecular weight excluding hydrogens is 270 g/mol. The first-order valence-corrected chi connectivity index (χ1v) is 6.10. The Kier molecular flexibility index (Phi) is 2.93. The molecule has 0 saturated heterocycles. The van der Waals surface area contributed by atoms with Crippen LogP contribution in [0.3, 0.4) is 0 Å². The van der Waals surface area contributed by atoms with Crippen molar-refractivity contribution < 1.29 is 9.53 Å². The lowest BCUT2D eigenvalue weighted by atomic mass is 10.1. The van der Waals surface area contributed by atoms with E-state index in [9.17, 15) is 4.79 Å². The highest BCUT2D eigenvalue weighted by Gasteiger charge is 2.30. The molecule has 0 saturated carbocycles. The van der Waals surface area contributed by atoms with E-state index in [2.05, 4.69) is 22.9 Å². The van der Waals surface area contributed by atoms with Crippen LogP contribution in [0.5, 0.6) is 5.75 Å². The van der Waals surface area contributed by atoms with Gasteiger partial charge in [-0.3, -0.25) is 4.79 Å². The van der Waals surface area contributed by atoms with Crippen LogP contribution in [0.2, 0.25) is 0 Å². The maximum atomic E-state index is 11.8. The summed E-state index contributed by atoms with van der Waals surface area (Å²) in [4.78, 5) is 13.4. The number of nitrogens with zero attached hydrogens (tertiary/aromatic N) is 1. The third-order valence-electron chi connectivity index (χ3n) is 2.83. The van der Waals surface area contributed by atoms with Crippen molar-refractivity contribution in [2.45, 2.75) is 26.4 Å². The molecule has 1 aromatic carbocycles. The number of hydrogen-bond acceptors (Lipinski definition) is 2. The van der Waals surface area contributed by atoms with Crippen molar-refractivity contribution in [2.75, 3.05) is 11.9 Å². The van der Waals surface area contributed by atoms with Crippen molar-refractivity contribution in [2.24, 2.45) is 0 Å². The first kappa shape index (κ1) is 11.5. The number of anilines is 1. The number of aryl methyl sites for hydroxylation is 1. The molecule has 1 aliphatic rings. The molecule has 1 atom stereocenters. The maximum absolute atomic E-state index is 11.8. The minimum atomic E-state index is -0.415. The summed E-state index contributed by atoms with van der Waals surface area (Å²) < 4.78 is 6.52. The molecule has 0 aromatic heterocycles. The van der Waals surface area contributed by atoms with Crippen molar-refractivity contribution in [1.82, 2.24) is 0 Å². The summed E-state index contributed by atoms with van der Waals surface area (Å²) in [5, 5.41) is 0. The molecule has 0 fully saturated rings. The summed E-state index contributed by atoms with van der Waals surface area (Å²) in [6.45, 7) is 3.85. The van der Waals surface area contributed by atoms with Crippen LogP contribution in [0.25, 0.3) is 0 Å². The Morgan fingerprint density at radius 1 is 1.50 bits per heavy atom. The number of rotatable bonds is 1. The molecule has 0 bridgehead atoms. The van der Waals surface area contributed by atoms with Gasteiger partial charge in [-0.15, -0.1) is 0 Å². The molecule has 2 rings (SSSR count). The van der Waals surface area contributed by atoms with E-state index in [4.69, 9.17) is 4.74 Å². The third-order valence-corrected chi connectivity index (χ3v) is 3.42. The smallest absolute Gasteiger partial charge is 0.267 e. The first-order valence-electron chi connectivity index (χ1n) is 5.31. The van der Waals surface area contributed by atoms with Gasteiger partial charge >= 0.3 is 0 Å². The topological polar surface area (TPSA) is 29.5 Å². The van der Waals surface area contributed by atoms with Crippen LogP contribution in [-0.4, -0.2) is 19.1 Å². The zero-order chi connectivity index (χ0) is 11.9. The highest BCUT2D eigenvalue weighted by molar-refractivity contribution is 9.10. The van der Waals surface area contributed by atoms with Gasteiger partial charge in [-0.1, -0.05) is 6.92 Å². The van der Waals surface area contributed by atoms with E-state index >= 15 is 0 Å². The molecule has 1 aliphatic heterocycles. The highest BCUT2D eigenvalue weighted by Crippen LogP contribution is 2.40. The van der Waals surface area contributed by atoms with Crippen LogP contribution in [-0.2, 0) is 11.2 Å². The van der Waals surface area contributed by atoms with Gasteiger partial charge in [0.15, 0.2) is 11.9 Å². The zero-order valence-electron chi connectivity index (χ0n) is 9.58. The lowest BCUT2D eigenvalue weighted by molar-refractivity contribution is -0.125. The zero-order valence-corrected chi connectivity index (χ0v) is 11.2. The standard InChI is InChI=1S/C12H14BrNO2/c1-4-8-5-9(13)11-10(6-8)14(3)12(15)7(2)16-11/h5-7H,4H2,1-3H3. The molecule has 86 valence electrons. The van der Waals surface area contributed by atoms with Gasteiger partial charge in [-0.05, 0) is 47.0 Å². The van der Waals surface area contributed by atoms with Crippen LogP contribution >= 0.6 is 15.9 Å². The molecule has 3 nitrogen and oxygen atoms in total. The average molecular weight is 284 g/mol. The summed E-state index contributed by atoms with van der Waals surface area (Å²) >= 11 is 3.49. The summed E-state index contributed by atoms with van der Waals surface area (Å²) in [5.41, 5.74) is 2.03. The fraction of sp³-hybridized carbons (Fsp3) is 0.417. The summed E-state index contributed by atoms with van der Waals surface area (Å²) in [7, 11) is 1.78. The fourth-order valence-electron chi connectivity index (χ4n) is 1.82. The van der Waals surface area contributed by atoms with E-state index in [0.717, 1.165) is 22.3 Å². The van der Waals surface area contributed by atoms with Crippen molar-refractivity contribution in [3.8, 4) is 5.75 Å². The number of halogens is 1. The van der Waals surface area contributed by atoms with Gasteiger partial charge in [0.2, 0.25) is 0 Å². The Hall–Kier alpha value is -1.03. The van der Waals surface area contributed by atoms with Gasteiger partial charge < -0.3 is 9.64 Å². The second kappa shape index (κ2) is 4.09. The van der Waals surface area contributed by atoms with E-state index in [0.29, 0.717) is 0 Å². The Morgan fingerprint density at radius 3 is 2.81 bits per heavy atom. The van der Waals surface area contributed by atoms with E-state index in [1.54, 1.807) is 18.9 Å². The van der Waals surface area contributed by atoms with Crippen molar-refractivity contribution in [3.63, 3.8) is 0 Å². The second-order valence-electron chi connectivity index (χ2n) is 3.94. The number of carbonyl (C=O) groups excluding carboxylic acids is 1. The minimum absolute atomic E-state index is 0.00680. The molecule has 1 unspecified atom stereocenters. The van der Waals surface area contributed by atoms with E-state index < -0.39 is 6.10 Å². The SMILES string of the molecule is CCc1cc(Br)c2c(c1)N(C)C(=O)C(C)O2. The van der Waals surface area contributed by atoms with Crippen molar-refractivity contribution in [3.05, 3.63) is 22.2 Å². The number of carbonyl (C=O) groups is 1. The molecule has 0 radical (unpaired) electrons. The van der Waals surface area contributed by atoms with E-state index in [-0.39, 0.29) is 5.91 Å². The molecule has 0 N–H and O–H groups in total. The Morgan fingerprint density at radius 2 is 2.19 bits per heavy atom. The quantitative estimate of drug-likeness (QED) is 0.793. The molecule has 1 amide bonds. The van der Waals surface area contributed by atoms with Crippen LogP contribution in [0, 0.1) is 0 Å². The number of hydrogen-bond donors (Lipinski definition) is 0. The molecule has 4 heteroatoms. The number of amides is 1. The second-order valence-corrected chi connectivity index (χ2v) is 4.79. The van der Waals surface area contributed by atoms with Gasteiger partial charge in [0.05, 0.1) is 10.2 Å². The van der Waals surface area contributed by atoms with Gasteiger partial charge in [0, 0.05) is 7.05 Å². The van der Waals surface area contributed by atoms with Crippen LogP contribution in [0.4, 0.5) is 5.69 Å². The third kappa shape index (κ3) is 1.71. The lowest BCUT2D eigenvalue weighted by Gasteiger charge is -2.31. The predicted octanol–water partition coefficient (Wildman–Crippen LogP) is 2.76. The van der Waals surface area contributed by atoms with Crippen molar-refractivity contribution in [1.29, 1.82) is 0 Å². The normalized spacial score (nSPS) is 19.4. The largest absolute Gasteiger partial charge is 0.477 e. The van der Waals surface area contributed by atoms with Crippen LogP contribution in [0.1, 0.15) is 19.4 Å². The summed E-state index contributed by atoms with van der Waals surface area (Å²) in [6, 6.07) is 4.04. The number of fused-ring (bicyclic) bond motifs is 1. The highest BCUT2D eigenvalue weighted by atomic mass is 79.9. The predicted molar refractivity (Wildman–Crippen MR) is 67.0 cm³/mol. The molecule has 0 spiro atoms. The first-order chi connectivity index (χ1) is 7.54. The Labute approximate surface area is 104 Å². The Balaban J connectivity index is 2.56. The lowest BCUT2D eigenvalue weighted by Crippen LogP contribution is -2.42.